The molecular formula is C22H23BrF3N5O5. The Bertz CT molecular complexity index is 1230. The summed E-state index contributed by atoms with van der Waals surface area (Å²) >= 11 is 3.29. The second-order valence-electron chi connectivity index (χ2n) is 8.57. The number of rotatable bonds is 5. The van der Waals surface area contributed by atoms with E-state index in [2.05, 4.69) is 42.6 Å². The standard InChI is InChI=1S/C22H23BrF3N5O5/c1-12(29-18(33)17(32)28-2)10-20(11-27)5-7-21(8-6-20)16(30-31-19(34)36-21)14-9-13(3-4-15(14)23)35-22(24,25)26/h3-4,9,12H,5-8,10H2,1-2H3,(H,28,32)(H,29,33)(H,31,34)/t12-,20?,21?/m0/s1/i2D3. The normalized spacial score (nSPS) is 26.1. The number of nitrogens with zero attached hydrogens (tertiary/aromatic N) is 2. The van der Waals surface area contributed by atoms with Gasteiger partial charge < -0.3 is 20.1 Å². The summed E-state index contributed by atoms with van der Waals surface area (Å²) in [6, 6.07) is 5.06. The van der Waals surface area contributed by atoms with Crippen LogP contribution in [0, 0.1) is 16.7 Å². The van der Waals surface area contributed by atoms with Gasteiger partial charge in [0, 0.05) is 27.2 Å². The molecule has 0 aromatic heterocycles. The quantitative estimate of drug-likeness (QED) is 0.459. The SMILES string of the molecule is [2H]C([2H])([2H])NC(=O)C(=O)N[C@@H](C)CC1(C#N)CCC2(CC1)OC(=O)NN=C2c1cc(OC(F)(F)F)ccc1Br. The summed E-state index contributed by atoms with van der Waals surface area (Å²) in [6.45, 7) is -1.30. The van der Waals surface area contributed by atoms with Crippen LogP contribution < -0.4 is 20.8 Å². The van der Waals surface area contributed by atoms with Crippen LogP contribution in [0.2, 0.25) is 0 Å². The van der Waals surface area contributed by atoms with Crippen molar-refractivity contribution in [2.24, 2.45) is 10.5 Å². The molecule has 0 bridgehead atoms. The van der Waals surface area contributed by atoms with E-state index in [1.165, 1.54) is 6.07 Å². The van der Waals surface area contributed by atoms with Crippen LogP contribution in [0.25, 0.3) is 0 Å². The molecule has 1 aliphatic carbocycles. The van der Waals surface area contributed by atoms with Gasteiger partial charge in [-0.2, -0.15) is 10.4 Å². The minimum Gasteiger partial charge on any atom is -0.435 e. The van der Waals surface area contributed by atoms with Crippen LogP contribution in [0.5, 0.6) is 5.75 Å². The number of hydrazone groups is 1. The van der Waals surface area contributed by atoms with Crippen molar-refractivity contribution in [2.75, 3.05) is 6.98 Å². The highest BCUT2D eigenvalue weighted by molar-refractivity contribution is 9.10. The monoisotopic (exact) mass is 576 g/mol. The Balaban J connectivity index is 1.79. The lowest BCUT2D eigenvalue weighted by Crippen LogP contribution is -2.54. The number of amides is 3. The predicted octanol–water partition coefficient (Wildman–Crippen LogP) is 3.26. The maximum absolute atomic E-state index is 12.8. The summed E-state index contributed by atoms with van der Waals surface area (Å²) in [5.74, 6) is -3.03. The van der Waals surface area contributed by atoms with Crippen LogP contribution in [0.1, 0.15) is 48.7 Å². The van der Waals surface area contributed by atoms with Crippen molar-refractivity contribution in [2.45, 2.75) is 57.0 Å². The molecule has 10 nitrogen and oxygen atoms in total. The van der Waals surface area contributed by atoms with Gasteiger partial charge in [-0.25, -0.2) is 10.2 Å². The number of carbonyl (C=O) groups excluding carboxylic acids is 3. The van der Waals surface area contributed by atoms with Gasteiger partial charge in [0.15, 0.2) is 5.60 Å². The van der Waals surface area contributed by atoms with Gasteiger partial charge in [-0.1, -0.05) is 15.9 Å². The Kier molecular flexibility index (Phi) is 6.63. The number of nitriles is 1. The first kappa shape index (κ1) is 23.1. The highest BCUT2D eigenvalue weighted by atomic mass is 79.9. The first-order valence-electron chi connectivity index (χ1n) is 12.1. The Morgan fingerprint density at radius 3 is 2.67 bits per heavy atom. The zero-order valence-electron chi connectivity index (χ0n) is 21.8. The van der Waals surface area contributed by atoms with E-state index in [0.717, 1.165) is 12.1 Å². The smallest absolute Gasteiger partial charge is 0.435 e. The minimum absolute atomic E-state index is 0.0732. The number of ether oxygens (including phenoxy) is 2. The van der Waals surface area contributed by atoms with Crippen molar-refractivity contribution in [3.8, 4) is 11.8 Å². The van der Waals surface area contributed by atoms with Gasteiger partial charge in [0.1, 0.15) is 11.5 Å². The van der Waals surface area contributed by atoms with Crippen LogP contribution in [0.4, 0.5) is 18.0 Å². The number of carbonyl (C=O) groups is 3. The molecule has 0 radical (unpaired) electrons. The minimum atomic E-state index is -4.93. The molecule has 3 N–H and O–H groups in total. The van der Waals surface area contributed by atoms with Crippen molar-refractivity contribution in [1.82, 2.24) is 16.1 Å². The van der Waals surface area contributed by atoms with E-state index in [0.29, 0.717) is 4.47 Å². The predicted molar refractivity (Wildman–Crippen MR) is 123 cm³/mol. The lowest BCUT2D eigenvalue weighted by molar-refractivity contribution is -0.274. The Morgan fingerprint density at radius 1 is 1.36 bits per heavy atom. The molecule has 1 spiro atoms. The van der Waals surface area contributed by atoms with E-state index < -0.39 is 54.1 Å². The maximum Gasteiger partial charge on any atom is 0.573 e. The van der Waals surface area contributed by atoms with Gasteiger partial charge in [-0.05, 0) is 57.2 Å². The molecule has 1 aliphatic heterocycles. The molecule has 1 saturated carbocycles. The van der Waals surface area contributed by atoms with Gasteiger partial charge in [0.2, 0.25) is 0 Å². The van der Waals surface area contributed by atoms with Crippen LogP contribution in [0.3, 0.4) is 0 Å². The molecular weight excluding hydrogens is 551 g/mol. The highest BCUT2D eigenvalue weighted by Crippen LogP contribution is 2.48. The Hall–Kier alpha value is -3.34. The molecule has 36 heavy (non-hydrogen) atoms. The van der Waals surface area contributed by atoms with Gasteiger partial charge in [0.05, 0.1) is 11.5 Å². The third-order valence-corrected chi connectivity index (χ3v) is 6.74. The fraction of sp³-hybridized carbons (Fsp3) is 0.500. The summed E-state index contributed by atoms with van der Waals surface area (Å²) < 4.78 is 69.4. The van der Waals surface area contributed by atoms with Crippen LogP contribution in [-0.4, -0.2) is 48.6 Å². The molecule has 1 aromatic rings. The molecule has 3 rings (SSSR count). The number of benzene rings is 1. The molecule has 1 fully saturated rings. The first-order valence-corrected chi connectivity index (χ1v) is 11.4. The largest absolute Gasteiger partial charge is 0.573 e. The van der Waals surface area contributed by atoms with Crippen LogP contribution in [0.15, 0.2) is 27.8 Å². The highest BCUT2D eigenvalue weighted by Gasteiger charge is 2.51. The van der Waals surface area contributed by atoms with Gasteiger partial charge in [-0.15, -0.1) is 13.2 Å². The van der Waals surface area contributed by atoms with Crippen molar-refractivity contribution in [3.63, 3.8) is 0 Å². The number of hydrogen-bond acceptors (Lipinski definition) is 7. The van der Waals surface area contributed by atoms with E-state index >= 15 is 0 Å². The second-order valence-corrected chi connectivity index (χ2v) is 9.42. The number of likely N-dealkylation sites (N-methyl/N-ethyl adjacent to an activating group) is 1. The number of alkyl halides is 3. The average molecular weight is 577 g/mol. The third kappa shape index (κ3) is 6.07. The van der Waals surface area contributed by atoms with Crippen molar-refractivity contribution >= 4 is 39.5 Å². The average Bonchev–Trinajstić information content (AvgIpc) is 2.80. The first-order chi connectivity index (χ1) is 18.0. The summed E-state index contributed by atoms with van der Waals surface area (Å²) in [5, 5.41) is 18.0. The van der Waals surface area contributed by atoms with E-state index in [-0.39, 0.29) is 43.4 Å². The zero-order chi connectivity index (χ0) is 29.2. The Labute approximate surface area is 216 Å². The zero-order valence-corrected chi connectivity index (χ0v) is 20.4. The molecule has 1 atom stereocenters. The number of halogens is 4. The molecule has 2 aliphatic rings. The molecule has 3 amide bonds. The molecule has 0 unspecified atom stereocenters. The van der Waals surface area contributed by atoms with E-state index in [1.54, 1.807) is 12.2 Å². The van der Waals surface area contributed by atoms with Crippen LogP contribution in [-0.2, 0) is 14.3 Å². The van der Waals surface area contributed by atoms with Crippen molar-refractivity contribution in [1.29, 1.82) is 5.26 Å². The van der Waals surface area contributed by atoms with Gasteiger partial charge in [-0.3, -0.25) is 9.59 Å². The van der Waals surface area contributed by atoms with Crippen molar-refractivity contribution < 1.29 is 41.1 Å². The maximum atomic E-state index is 12.8. The van der Waals surface area contributed by atoms with E-state index in [9.17, 15) is 32.8 Å². The summed E-state index contributed by atoms with van der Waals surface area (Å²) in [4.78, 5) is 36.0. The fourth-order valence-corrected chi connectivity index (χ4v) is 4.89. The molecule has 0 saturated heterocycles. The summed E-state index contributed by atoms with van der Waals surface area (Å²) in [7, 11) is 0. The topological polar surface area (TPSA) is 142 Å². The summed E-state index contributed by atoms with van der Waals surface area (Å²) in [5.41, 5.74) is 0.0870. The molecule has 194 valence electrons. The van der Waals surface area contributed by atoms with Gasteiger partial charge >= 0.3 is 24.3 Å². The number of hydrogen-bond donors (Lipinski definition) is 3. The number of nitrogens with one attached hydrogen (secondary N) is 3. The molecule has 1 aromatic carbocycles. The fourth-order valence-electron chi connectivity index (χ4n) is 4.46. The lowest BCUT2D eigenvalue weighted by Gasteiger charge is -2.45. The Morgan fingerprint density at radius 2 is 2.06 bits per heavy atom. The molecule has 14 heteroatoms. The van der Waals surface area contributed by atoms with Gasteiger partial charge in [0.25, 0.3) is 0 Å². The van der Waals surface area contributed by atoms with E-state index in [4.69, 9.17) is 8.85 Å². The second kappa shape index (κ2) is 10.3. The third-order valence-electron chi connectivity index (χ3n) is 6.05. The van der Waals surface area contributed by atoms with E-state index in [1.807, 2.05) is 0 Å². The van der Waals surface area contributed by atoms with Crippen molar-refractivity contribution in [3.05, 3.63) is 28.2 Å². The summed E-state index contributed by atoms with van der Waals surface area (Å²) in [6.07, 6.45) is -5.28. The lowest BCUT2D eigenvalue weighted by atomic mass is 9.65. The molecule has 1 heterocycles. The van der Waals surface area contributed by atoms with Crippen LogP contribution >= 0.6 is 15.9 Å².